The van der Waals surface area contributed by atoms with E-state index >= 15 is 0 Å². The fraction of sp³-hybridized carbons (Fsp3) is 0.348. The molecule has 0 unspecified atom stereocenters. The standard InChI is InChI=1S/C23H25BrN4O5/c1-4-7-8-21-26-18-10-9-16(24)13-17(18)23(29)27(21)25-14-15-11-19(28(30)31)22(33-6-3)20(12-15)32-5-2/h9-14H,4-8H2,1-3H3. The average molecular weight is 517 g/mol. The number of fused-ring (bicyclic) bond motifs is 1. The quantitative estimate of drug-likeness (QED) is 0.211. The molecule has 0 N–H and O–H groups in total. The predicted molar refractivity (Wildman–Crippen MR) is 131 cm³/mol. The summed E-state index contributed by atoms with van der Waals surface area (Å²) < 4.78 is 13.0. The summed E-state index contributed by atoms with van der Waals surface area (Å²) in [5.41, 5.74) is 0.449. The number of nitro groups is 1. The molecule has 0 amide bonds. The fourth-order valence-electron chi connectivity index (χ4n) is 3.31. The Morgan fingerprint density at radius 1 is 1.18 bits per heavy atom. The Labute approximate surface area is 199 Å². The van der Waals surface area contributed by atoms with Crippen LogP contribution in [0.25, 0.3) is 10.9 Å². The van der Waals surface area contributed by atoms with Crippen LogP contribution in [-0.2, 0) is 6.42 Å². The lowest BCUT2D eigenvalue weighted by Crippen LogP contribution is -2.22. The number of hydrogen-bond acceptors (Lipinski definition) is 7. The summed E-state index contributed by atoms with van der Waals surface area (Å²) in [5.74, 6) is 0.840. The van der Waals surface area contributed by atoms with Crippen LogP contribution in [-0.4, -0.2) is 34.0 Å². The van der Waals surface area contributed by atoms with Crippen molar-refractivity contribution in [3.8, 4) is 11.5 Å². The molecule has 0 bridgehead atoms. The molecule has 10 heteroatoms. The summed E-state index contributed by atoms with van der Waals surface area (Å²) in [6.07, 6.45) is 3.74. The minimum absolute atomic E-state index is 0.0690. The van der Waals surface area contributed by atoms with Crippen molar-refractivity contribution >= 4 is 38.7 Å². The van der Waals surface area contributed by atoms with E-state index in [0.29, 0.717) is 35.3 Å². The van der Waals surface area contributed by atoms with Gasteiger partial charge in [-0.25, -0.2) is 4.98 Å². The van der Waals surface area contributed by atoms with Crippen LogP contribution in [0.2, 0.25) is 0 Å². The van der Waals surface area contributed by atoms with Crippen molar-refractivity contribution < 1.29 is 14.4 Å². The van der Waals surface area contributed by atoms with E-state index in [1.807, 2.05) is 6.07 Å². The van der Waals surface area contributed by atoms with Crippen molar-refractivity contribution in [3.63, 3.8) is 0 Å². The van der Waals surface area contributed by atoms with Gasteiger partial charge in [-0.2, -0.15) is 9.78 Å². The highest BCUT2D eigenvalue weighted by atomic mass is 79.9. The first-order chi connectivity index (χ1) is 15.9. The van der Waals surface area contributed by atoms with Crippen LogP contribution in [0.1, 0.15) is 45.0 Å². The van der Waals surface area contributed by atoms with E-state index in [4.69, 9.17) is 9.47 Å². The first-order valence-electron chi connectivity index (χ1n) is 10.7. The van der Waals surface area contributed by atoms with Crippen LogP contribution in [0.3, 0.4) is 0 Å². The van der Waals surface area contributed by atoms with Crippen molar-refractivity contribution in [2.24, 2.45) is 5.10 Å². The lowest BCUT2D eigenvalue weighted by Gasteiger charge is -2.12. The molecule has 174 valence electrons. The number of hydrogen-bond donors (Lipinski definition) is 0. The topological polar surface area (TPSA) is 109 Å². The summed E-state index contributed by atoms with van der Waals surface area (Å²) in [6, 6.07) is 8.27. The Balaban J connectivity index is 2.15. The largest absolute Gasteiger partial charge is 0.490 e. The monoisotopic (exact) mass is 516 g/mol. The smallest absolute Gasteiger partial charge is 0.315 e. The Morgan fingerprint density at radius 3 is 2.61 bits per heavy atom. The van der Waals surface area contributed by atoms with Gasteiger partial charge in [0.1, 0.15) is 5.82 Å². The third-order valence-corrected chi connectivity index (χ3v) is 5.29. The molecule has 0 aliphatic rings. The normalized spacial score (nSPS) is 11.3. The molecule has 2 aromatic carbocycles. The van der Waals surface area contributed by atoms with Gasteiger partial charge in [-0.05, 0) is 44.5 Å². The van der Waals surface area contributed by atoms with E-state index in [1.165, 1.54) is 17.0 Å². The number of nitrogens with zero attached hydrogens (tertiary/aromatic N) is 4. The number of rotatable bonds is 10. The van der Waals surface area contributed by atoms with Crippen LogP contribution in [0.5, 0.6) is 11.5 Å². The SMILES string of the molecule is CCCCc1nc2ccc(Br)cc2c(=O)n1N=Cc1cc(OCC)c(OCC)c([N+](=O)[O-])c1. The molecule has 0 aliphatic heterocycles. The average Bonchev–Trinajstić information content (AvgIpc) is 2.79. The molecule has 0 aliphatic carbocycles. The van der Waals surface area contributed by atoms with Gasteiger partial charge in [0.25, 0.3) is 5.56 Å². The Bertz CT molecular complexity index is 1260. The van der Waals surface area contributed by atoms with Gasteiger partial charge in [0.05, 0.1) is 35.3 Å². The second-order valence-electron chi connectivity index (χ2n) is 7.15. The first-order valence-corrected chi connectivity index (χ1v) is 11.5. The first kappa shape index (κ1) is 24.4. The number of unbranched alkanes of at least 4 members (excludes halogenated alkanes) is 1. The molecule has 0 saturated carbocycles. The highest BCUT2D eigenvalue weighted by Gasteiger charge is 2.22. The number of halogens is 1. The van der Waals surface area contributed by atoms with Crippen molar-refractivity contribution in [1.29, 1.82) is 0 Å². The number of ether oxygens (including phenoxy) is 2. The molecule has 0 atom stereocenters. The molecular formula is C23H25BrN4O5. The number of aromatic nitrogens is 2. The molecule has 0 radical (unpaired) electrons. The third-order valence-electron chi connectivity index (χ3n) is 4.79. The lowest BCUT2D eigenvalue weighted by atomic mass is 10.2. The molecule has 3 aromatic rings. The molecule has 0 saturated heterocycles. The van der Waals surface area contributed by atoms with Crippen LogP contribution < -0.4 is 15.0 Å². The Hall–Kier alpha value is -3.27. The zero-order valence-electron chi connectivity index (χ0n) is 18.7. The molecule has 3 rings (SSSR count). The van der Waals surface area contributed by atoms with Crippen LogP contribution in [0.4, 0.5) is 5.69 Å². The Morgan fingerprint density at radius 2 is 1.94 bits per heavy atom. The fourth-order valence-corrected chi connectivity index (χ4v) is 3.67. The zero-order chi connectivity index (χ0) is 24.0. The van der Waals surface area contributed by atoms with Gasteiger partial charge in [-0.1, -0.05) is 29.3 Å². The number of nitro benzene ring substituents is 1. The van der Waals surface area contributed by atoms with E-state index in [9.17, 15) is 14.9 Å². The van der Waals surface area contributed by atoms with Gasteiger partial charge in [-0.3, -0.25) is 14.9 Å². The van der Waals surface area contributed by atoms with Gasteiger partial charge in [0.15, 0.2) is 5.75 Å². The van der Waals surface area contributed by atoms with Crippen molar-refractivity contribution in [2.45, 2.75) is 40.0 Å². The molecule has 0 spiro atoms. The van der Waals surface area contributed by atoms with Crippen molar-refractivity contribution in [3.05, 3.63) is 66.7 Å². The van der Waals surface area contributed by atoms with Crippen molar-refractivity contribution in [2.75, 3.05) is 13.2 Å². The summed E-state index contributed by atoms with van der Waals surface area (Å²) in [6.45, 7) is 6.13. The molecule has 9 nitrogen and oxygen atoms in total. The highest BCUT2D eigenvalue weighted by molar-refractivity contribution is 9.10. The van der Waals surface area contributed by atoms with Gasteiger partial charge in [0, 0.05) is 22.5 Å². The molecule has 0 fully saturated rings. The van der Waals surface area contributed by atoms with Gasteiger partial charge < -0.3 is 9.47 Å². The summed E-state index contributed by atoms with van der Waals surface area (Å²) in [4.78, 5) is 29.0. The Kier molecular flexibility index (Phi) is 8.16. The maximum absolute atomic E-state index is 13.2. The van der Waals surface area contributed by atoms with E-state index in [2.05, 4.69) is 32.9 Å². The highest BCUT2D eigenvalue weighted by Crippen LogP contribution is 2.38. The predicted octanol–water partition coefficient (Wildman–Crippen LogP) is 5.09. The molecule has 33 heavy (non-hydrogen) atoms. The summed E-state index contributed by atoms with van der Waals surface area (Å²) >= 11 is 3.39. The second-order valence-corrected chi connectivity index (χ2v) is 8.06. The molecular weight excluding hydrogens is 492 g/mol. The lowest BCUT2D eigenvalue weighted by molar-refractivity contribution is -0.385. The number of aryl methyl sites for hydroxylation is 1. The summed E-state index contributed by atoms with van der Waals surface area (Å²) in [7, 11) is 0. The molecule has 1 heterocycles. The maximum Gasteiger partial charge on any atom is 0.315 e. The van der Waals surface area contributed by atoms with Crippen LogP contribution in [0, 0.1) is 10.1 Å². The van der Waals surface area contributed by atoms with E-state index in [0.717, 1.165) is 17.3 Å². The minimum atomic E-state index is -0.529. The van der Waals surface area contributed by atoms with Gasteiger partial charge in [-0.15, -0.1) is 0 Å². The van der Waals surface area contributed by atoms with Crippen molar-refractivity contribution in [1.82, 2.24) is 9.66 Å². The van der Waals surface area contributed by atoms with Gasteiger partial charge in [0.2, 0.25) is 5.75 Å². The van der Waals surface area contributed by atoms with Crippen LogP contribution >= 0.6 is 15.9 Å². The zero-order valence-corrected chi connectivity index (χ0v) is 20.3. The van der Waals surface area contributed by atoms with E-state index in [-0.39, 0.29) is 29.4 Å². The van der Waals surface area contributed by atoms with Gasteiger partial charge >= 0.3 is 5.69 Å². The third kappa shape index (κ3) is 5.57. The van der Waals surface area contributed by atoms with E-state index in [1.54, 1.807) is 32.0 Å². The number of benzene rings is 2. The van der Waals surface area contributed by atoms with Crippen LogP contribution in [0.15, 0.2) is 44.7 Å². The maximum atomic E-state index is 13.2. The minimum Gasteiger partial charge on any atom is -0.490 e. The molecule has 1 aromatic heterocycles. The summed E-state index contributed by atoms with van der Waals surface area (Å²) in [5, 5.41) is 16.4. The van der Waals surface area contributed by atoms with E-state index < -0.39 is 4.92 Å². The second kappa shape index (κ2) is 11.0.